The second kappa shape index (κ2) is 6.84. The summed E-state index contributed by atoms with van der Waals surface area (Å²) in [4.78, 5) is 23.6. The molecule has 6 nitrogen and oxygen atoms in total. The Morgan fingerprint density at radius 3 is 2.50 bits per heavy atom. The van der Waals surface area contributed by atoms with Crippen LogP contribution in [0, 0.1) is 0 Å². The molecule has 2 N–H and O–H groups in total. The number of methoxy groups -OCH3 is 1. The number of carboxylic acid groups (broad SMARTS) is 1. The van der Waals surface area contributed by atoms with E-state index in [0.29, 0.717) is 6.54 Å². The van der Waals surface area contributed by atoms with Crippen LogP contribution in [0.1, 0.15) is 6.92 Å². The lowest BCUT2D eigenvalue weighted by Gasteiger charge is -2.21. The Kier molecular flexibility index (Phi) is 6.17. The van der Waals surface area contributed by atoms with Crippen molar-refractivity contribution < 1.29 is 19.4 Å². The van der Waals surface area contributed by atoms with Crippen molar-refractivity contribution in [3.8, 4) is 0 Å². The van der Waals surface area contributed by atoms with Gasteiger partial charge in [-0.15, -0.1) is 0 Å². The number of likely N-dealkylation sites (N-methyl/N-ethyl adjacent to an activating group) is 1. The summed E-state index contributed by atoms with van der Waals surface area (Å²) in [6, 6.07) is -1.50. The van der Waals surface area contributed by atoms with Crippen LogP contribution >= 0.6 is 0 Å². The summed E-state index contributed by atoms with van der Waals surface area (Å²) >= 11 is 0. The van der Waals surface area contributed by atoms with E-state index in [2.05, 4.69) is 11.9 Å². The molecule has 0 aliphatic carbocycles. The monoisotopic (exact) mass is 230 g/mol. The van der Waals surface area contributed by atoms with Gasteiger partial charge in [0.25, 0.3) is 0 Å². The van der Waals surface area contributed by atoms with Gasteiger partial charge >= 0.3 is 12.0 Å². The number of ether oxygens (including phenoxy) is 1. The van der Waals surface area contributed by atoms with Gasteiger partial charge in [0.2, 0.25) is 0 Å². The molecule has 0 radical (unpaired) electrons. The Morgan fingerprint density at radius 1 is 1.56 bits per heavy atom. The SMILES string of the molecule is C=C(C)CN(C)C(=O)NC(COC)C(=O)O. The van der Waals surface area contributed by atoms with Crippen molar-refractivity contribution in [1.82, 2.24) is 10.2 Å². The highest BCUT2D eigenvalue weighted by atomic mass is 16.5. The Hall–Kier alpha value is -1.56. The lowest BCUT2D eigenvalue weighted by atomic mass is 10.3. The molecule has 0 aromatic rings. The third kappa shape index (κ3) is 5.35. The van der Waals surface area contributed by atoms with Crippen LogP contribution in [0.3, 0.4) is 0 Å². The molecule has 0 fully saturated rings. The molecule has 0 heterocycles. The number of aliphatic carboxylic acids is 1. The number of hydrogen-bond acceptors (Lipinski definition) is 3. The van der Waals surface area contributed by atoms with Gasteiger partial charge in [0.05, 0.1) is 6.61 Å². The molecule has 16 heavy (non-hydrogen) atoms. The molecule has 1 unspecified atom stereocenters. The zero-order chi connectivity index (χ0) is 12.7. The number of rotatable bonds is 6. The lowest BCUT2D eigenvalue weighted by molar-refractivity contribution is -0.140. The average Bonchev–Trinajstić information content (AvgIpc) is 2.15. The highest BCUT2D eigenvalue weighted by Gasteiger charge is 2.21. The number of carboxylic acids is 1. The summed E-state index contributed by atoms with van der Waals surface area (Å²) in [5.41, 5.74) is 0.816. The second-order valence-electron chi connectivity index (χ2n) is 3.61. The van der Waals surface area contributed by atoms with Gasteiger partial charge in [-0.1, -0.05) is 12.2 Å². The van der Waals surface area contributed by atoms with Crippen LogP contribution < -0.4 is 5.32 Å². The third-order valence-electron chi connectivity index (χ3n) is 1.78. The predicted molar refractivity (Wildman–Crippen MR) is 59.3 cm³/mol. The minimum absolute atomic E-state index is 0.0675. The van der Waals surface area contributed by atoms with E-state index in [1.165, 1.54) is 12.0 Å². The molecule has 0 bridgehead atoms. The molecule has 92 valence electrons. The molecular weight excluding hydrogens is 212 g/mol. The van der Waals surface area contributed by atoms with E-state index in [9.17, 15) is 9.59 Å². The molecule has 0 aromatic heterocycles. The molecule has 0 saturated heterocycles. The number of amides is 2. The molecule has 0 aliphatic rings. The number of urea groups is 1. The standard InChI is InChI=1S/C10H18N2O4/c1-7(2)5-12(3)10(15)11-8(6-16-4)9(13)14/h8H,1,5-6H2,2-4H3,(H,11,15)(H,13,14). The van der Waals surface area contributed by atoms with E-state index in [-0.39, 0.29) is 6.61 Å². The summed E-state index contributed by atoms with van der Waals surface area (Å²) in [5.74, 6) is -1.13. The fourth-order valence-electron chi connectivity index (χ4n) is 1.08. The Morgan fingerprint density at radius 2 is 2.12 bits per heavy atom. The number of nitrogens with zero attached hydrogens (tertiary/aromatic N) is 1. The minimum Gasteiger partial charge on any atom is -0.480 e. The number of carbonyl (C=O) groups is 2. The van der Waals surface area contributed by atoms with Gasteiger partial charge < -0.3 is 20.1 Å². The van der Waals surface area contributed by atoms with Gasteiger partial charge in [0.1, 0.15) is 0 Å². The molecule has 0 aromatic carbocycles. The Bertz CT molecular complexity index is 278. The fourth-order valence-corrected chi connectivity index (χ4v) is 1.08. The van der Waals surface area contributed by atoms with Crippen LogP contribution in [0.2, 0.25) is 0 Å². The van der Waals surface area contributed by atoms with Crippen LogP contribution in [-0.4, -0.2) is 55.4 Å². The smallest absolute Gasteiger partial charge is 0.328 e. The maximum Gasteiger partial charge on any atom is 0.328 e. The molecule has 0 aliphatic heterocycles. The number of hydrogen-bond donors (Lipinski definition) is 2. The minimum atomic E-state index is -1.13. The quantitative estimate of drug-likeness (QED) is 0.643. The van der Waals surface area contributed by atoms with E-state index in [0.717, 1.165) is 5.57 Å². The van der Waals surface area contributed by atoms with Gasteiger partial charge in [-0.3, -0.25) is 0 Å². The third-order valence-corrected chi connectivity index (χ3v) is 1.78. The van der Waals surface area contributed by atoms with Gasteiger partial charge in [-0.2, -0.15) is 0 Å². The van der Waals surface area contributed by atoms with Crippen LogP contribution in [0.25, 0.3) is 0 Å². The van der Waals surface area contributed by atoms with E-state index >= 15 is 0 Å². The second-order valence-corrected chi connectivity index (χ2v) is 3.61. The predicted octanol–water partition coefficient (Wildman–Crippen LogP) is 0.303. The first-order chi connectivity index (χ1) is 7.38. The number of nitrogens with one attached hydrogen (secondary N) is 1. The highest BCUT2D eigenvalue weighted by molar-refractivity contribution is 5.82. The average molecular weight is 230 g/mol. The summed E-state index contributed by atoms with van der Waals surface area (Å²) in [7, 11) is 2.94. The van der Waals surface area contributed by atoms with Crippen molar-refractivity contribution in [2.45, 2.75) is 13.0 Å². The van der Waals surface area contributed by atoms with E-state index in [4.69, 9.17) is 9.84 Å². The maximum absolute atomic E-state index is 11.5. The van der Waals surface area contributed by atoms with Crippen molar-refractivity contribution in [2.24, 2.45) is 0 Å². The maximum atomic E-state index is 11.5. The summed E-state index contributed by atoms with van der Waals surface area (Å²) in [6.45, 7) is 5.76. The summed E-state index contributed by atoms with van der Waals surface area (Å²) in [5, 5.41) is 11.1. The zero-order valence-electron chi connectivity index (χ0n) is 9.82. The van der Waals surface area contributed by atoms with Crippen LogP contribution in [0.4, 0.5) is 4.79 Å². The topological polar surface area (TPSA) is 78.9 Å². The van der Waals surface area contributed by atoms with Gasteiger partial charge in [-0.25, -0.2) is 9.59 Å². The van der Waals surface area contributed by atoms with Gasteiger partial charge in [-0.05, 0) is 6.92 Å². The first kappa shape index (κ1) is 14.4. The van der Waals surface area contributed by atoms with Crippen LogP contribution in [0.5, 0.6) is 0 Å². The highest BCUT2D eigenvalue weighted by Crippen LogP contribution is 1.95. The Labute approximate surface area is 94.9 Å². The first-order valence-corrected chi connectivity index (χ1v) is 4.76. The summed E-state index contributed by atoms with van der Waals surface area (Å²) < 4.78 is 4.70. The normalized spacial score (nSPS) is 11.7. The molecule has 0 saturated carbocycles. The largest absolute Gasteiger partial charge is 0.480 e. The van der Waals surface area contributed by atoms with Gasteiger partial charge in [0, 0.05) is 20.7 Å². The van der Waals surface area contributed by atoms with Gasteiger partial charge in [0.15, 0.2) is 6.04 Å². The molecule has 2 amide bonds. The lowest BCUT2D eigenvalue weighted by Crippen LogP contribution is -2.49. The zero-order valence-corrected chi connectivity index (χ0v) is 9.82. The van der Waals surface area contributed by atoms with Crippen molar-refractivity contribution in [3.63, 3.8) is 0 Å². The van der Waals surface area contributed by atoms with Crippen LogP contribution in [-0.2, 0) is 9.53 Å². The Balaban J connectivity index is 4.28. The fraction of sp³-hybridized carbons (Fsp3) is 0.600. The first-order valence-electron chi connectivity index (χ1n) is 4.76. The molecule has 0 spiro atoms. The van der Waals surface area contributed by atoms with E-state index in [1.807, 2.05) is 0 Å². The van der Waals surface area contributed by atoms with Crippen molar-refractivity contribution >= 4 is 12.0 Å². The van der Waals surface area contributed by atoms with Crippen molar-refractivity contribution in [2.75, 3.05) is 27.3 Å². The van der Waals surface area contributed by atoms with Crippen LogP contribution in [0.15, 0.2) is 12.2 Å². The van der Waals surface area contributed by atoms with Crippen molar-refractivity contribution in [3.05, 3.63) is 12.2 Å². The number of carbonyl (C=O) groups excluding carboxylic acids is 1. The van der Waals surface area contributed by atoms with Crippen molar-refractivity contribution in [1.29, 1.82) is 0 Å². The van der Waals surface area contributed by atoms with E-state index < -0.39 is 18.0 Å². The van der Waals surface area contributed by atoms with E-state index in [1.54, 1.807) is 14.0 Å². The molecule has 1 atom stereocenters. The molecule has 0 rings (SSSR count). The molecular formula is C10H18N2O4. The summed E-state index contributed by atoms with van der Waals surface area (Å²) in [6.07, 6.45) is 0. The molecule has 6 heteroatoms.